The minimum absolute atomic E-state index is 0.151. The maximum absolute atomic E-state index is 6.18. The molecular weight excluding hydrogens is 282 g/mol. The Labute approximate surface area is 130 Å². The summed E-state index contributed by atoms with van der Waals surface area (Å²) in [5.74, 6) is 0. The molecule has 1 aliphatic heterocycles. The fourth-order valence-electron chi connectivity index (χ4n) is 2.93. The normalized spacial score (nSPS) is 18.8. The lowest BCUT2D eigenvalue weighted by atomic mass is 9.92. The third kappa shape index (κ3) is 2.55. The Hall–Kier alpha value is -1.84. The number of rotatable bonds is 1. The third-order valence-electron chi connectivity index (χ3n) is 4.03. The second-order valence-corrected chi connectivity index (χ2v) is 5.90. The topological polar surface area (TPSA) is 42.1 Å². The molecule has 0 fully saturated rings. The van der Waals surface area contributed by atoms with Gasteiger partial charge >= 0.3 is 0 Å². The van der Waals surface area contributed by atoms with E-state index in [9.17, 15) is 0 Å². The van der Waals surface area contributed by atoms with Gasteiger partial charge in [0, 0.05) is 35.2 Å². The van der Waals surface area contributed by atoms with Crippen molar-refractivity contribution in [1.29, 1.82) is 0 Å². The SMILES string of the molecule is Cc1cc(Cl)ccc1C1c2ccncc2C(N)=CCN1C. The van der Waals surface area contributed by atoms with Crippen LogP contribution in [-0.4, -0.2) is 23.5 Å². The van der Waals surface area contributed by atoms with E-state index in [1.807, 2.05) is 30.6 Å². The summed E-state index contributed by atoms with van der Waals surface area (Å²) in [5.41, 5.74) is 11.6. The summed E-state index contributed by atoms with van der Waals surface area (Å²) in [6.07, 6.45) is 5.72. The number of benzene rings is 1. The van der Waals surface area contributed by atoms with Crippen molar-refractivity contribution in [2.45, 2.75) is 13.0 Å². The fourth-order valence-corrected chi connectivity index (χ4v) is 3.16. The molecule has 3 nitrogen and oxygen atoms in total. The first kappa shape index (κ1) is 14.1. The van der Waals surface area contributed by atoms with E-state index in [-0.39, 0.29) is 6.04 Å². The molecule has 21 heavy (non-hydrogen) atoms. The van der Waals surface area contributed by atoms with Crippen molar-refractivity contribution < 1.29 is 0 Å². The van der Waals surface area contributed by atoms with Crippen molar-refractivity contribution in [3.63, 3.8) is 0 Å². The van der Waals surface area contributed by atoms with Gasteiger partial charge in [-0.3, -0.25) is 9.88 Å². The Morgan fingerprint density at radius 2 is 2.10 bits per heavy atom. The van der Waals surface area contributed by atoms with E-state index in [0.29, 0.717) is 0 Å². The molecule has 3 rings (SSSR count). The van der Waals surface area contributed by atoms with Crippen LogP contribution in [-0.2, 0) is 0 Å². The van der Waals surface area contributed by atoms with Crippen LogP contribution in [0.4, 0.5) is 0 Å². The van der Waals surface area contributed by atoms with E-state index in [2.05, 4.69) is 36.0 Å². The van der Waals surface area contributed by atoms with Crippen LogP contribution in [0, 0.1) is 6.92 Å². The zero-order valence-electron chi connectivity index (χ0n) is 12.2. The standard InChI is InChI=1S/C17H18ClN3/c1-11-9-12(18)3-4-13(11)17-14-5-7-20-10-15(14)16(19)6-8-21(17)2/h3-7,9-10,17H,8,19H2,1-2H3. The number of aromatic nitrogens is 1. The van der Waals surface area contributed by atoms with Gasteiger partial charge in [-0.05, 0) is 54.9 Å². The van der Waals surface area contributed by atoms with Gasteiger partial charge in [-0.1, -0.05) is 17.7 Å². The Balaban J connectivity index is 2.19. The van der Waals surface area contributed by atoms with Crippen LogP contribution in [0.15, 0.2) is 42.7 Å². The van der Waals surface area contributed by atoms with Crippen molar-refractivity contribution in [2.75, 3.05) is 13.6 Å². The Kier molecular flexibility index (Phi) is 3.70. The second kappa shape index (κ2) is 5.51. The molecule has 0 saturated carbocycles. The molecule has 2 aromatic rings. The van der Waals surface area contributed by atoms with Crippen LogP contribution >= 0.6 is 11.6 Å². The van der Waals surface area contributed by atoms with Crippen molar-refractivity contribution in [1.82, 2.24) is 9.88 Å². The molecule has 1 unspecified atom stereocenters. The molecule has 1 atom stereocenters. The van der Waals surface area contributed by atoms with E-state index < -0.39 is 0 Å². The van der Waals surface area contributed by atoms with Gasteiger partial charge in [-0.25, -0.2) is 0 Å². The number of hydrogen-bond acceptors (Lipinski definition) is 3. The molecule has 0 aliphatic carbocycles. The van der Waals surface area contributed by atoms with E-state index in [1.54, 1.807) is 0 Å². The second-order valence-electron chi connectivity index (χ2n) is 5.47. The number of hydrogen-bond donors (Lipinski definition) is 1. The van der Waals surface area contributed by atoms with Crippen LogP contribution in [0.2, 0.25) is 5.02 Å². The number of nitrogens with zero attached hydrogens (tertiary/aromatic N) is 2. The predicted octanol–water partition coefficient (Wildman–Crippen LogP) is 3.38. The Morgan fingerprint density at radius 1 is 1.29 bits per heavy atom. The highest BCUT2D eigenvalue weighted by Crippen LogP contribution is 2.35. The van der Waals surface area contributed by atoms with Crippen molar-refractivity contribution in [3.8, 4) is 0 Å². The lowest BCUT2D eigenvalue weighted by molar-refractivity contribution is 0.310. The molecule has 0 bridgehead atoms. The quantitative estimate of drug-likeness (QED) is 0.878. The van der Waals surface area contributed by atoms with Crippen LogP contribution in [0.5, 0.6) is 0 Å². The Morgan fingerprint density at radius 3 is 2.86 bits per heavy atom. The highest BCUT2D eigenvalue weighted by atomic mass is 35.5. The maximum atomic E-state index is 6.18. The molecule has 0 saturated heterocycles. The summed E-state index contributed by atoms with van der Waals surface area (Å²) in [7, 11) is 2.11. The number of aryl methyl sites for hydroxylation is 1. The van der Waals surface area contributed by atoms with Gasteiger partial charge in [0.05, 0.1) is 6.04 Å². The minimum atomic E-state index is 0.151. The molecule has 1 aromatic heterocycles. The highest BCUT2D eigenvalue weighted by Gasteiger charge is 2.26. The van der Waals surface area contributed by atoms with Crippen molar-refractivity contribution in [2.24, 2.45) is 5.73 Å². The molecule has 2 heterocycles. The van der Waals surface area contributed by atoms with Gasteiger partial charge in [0.2, 0.25) is 0 Å². The lowest BCUT2D eigenvalue weighted by Gasteiger charge is -2.29. The average molecular weight is 300 g/mol. The maximum Gasteiger partial charge on any atom is 0.0612 e. The van der Waals surface area contributed by atoms with Gasteiger partial charge in [0.1, 0.15) is 0 Å². The van der Waals surface area contributed by atoms with E-state index in [4.69, 9.17) is 17.3 Å². The first-order chi connectivity index (χ1) is 10.1. The summed E-state index contributed by atoms with van der Waals surface area (Å²) in [4.78, 5) is 6.51. The monoisotopic (exact) mass is 299 g/mol. The predicted molar refractivity (Wildman–Crippen MR) is 87.1 cm³/mol. The van der Waals surface area contributed by atoms with Gasteiger partial charge in [0.25, 0.3) is 0 Å². The number of likely N-dealkylation sites (N-methyl/N-ethyl adjacent to an activating group) is 1. The molecule has 108 valence electrons. The summed E-state index contributed by atoms with van der Waals surface area (Å²) in [6, 6.07) is 8.26. The van der Waals surface area contributed by atoms with E-state index in [1.165, 1.54) is 16.7 Å². The van der Waals surface area contributed by atoms with Gasteiger partial charge in [-0.15, -0.1) is 0 Å². The van der Waals surface area contributed by atoms with Crippen molar-refractivity contribution in [3.05, 3.63) is 70.0 Å². The highest BCUT2D eigenvalue weighted by molar-refractivity contribution is 6.30. The van der Waals surface area contributed by atoms with E-state index >= 15 is 0 Å². The molecule has 0 radical (unpaired) electrons. The molecule has 1 aromatic carbocycles. The summed E-state index contributed by atoms with van der Waals surface area (Å²) >= 11 is 6.09. The van der Waals surface area contributed by atoms with Gasteiger partial charge in [0.15, 0.2) is 0 Å². The van der Waals surface area contributed by atoms with Crippen LogP contribution < -0.4 is 5.73 Å². The molecule has 0 amide bonds. The zero-order valence-corrected chi connectivity index (χ0v) is 12.9. The van der Waals surface area contributed by atoms with E-state index in [0.717, 1.165) is 22.8 Å². The van der Waals surface area contributed by atoms with Crippen molar-refractivity contribution >= 4 is 17.3 Å². The number of fused-ring (bicyclic) bond motifs is 1. The molecule has 4 heteroatoms. The summed E-state index contributed by atoms with van der Waals surface area (Å²) in [5, 5.41) is 0.764. The fraction of sp³-hybridized carbons (Fsp3) is 0.235. The molecular formula is C17H18ClN3. The first-order valence-corrected chi connectivity index (χ1v) is 7.32. The molecule has 0 spiro atoms. The molecule has 1 aliphatic rings. The molecule has 2 N–H and O–H groups in total. The third-order valence-corrected chi connectivity index (χ3v) is 4.26. The summed E-state index contributed by atoms with van der Waals surface area (Å²) < 4.78 is 0. The average Bonchev–Trinajstić information content (AvgIpc) is 2.59. The minimum Gasteiger partial charge on any atom is -0.398 e. The first-order valence-electron chi connectivity index (χ1n) is 6.94. The smallest absolute Gasteiger partial charge is 0.0612 e. The van der Waals surface area contributed by atoms with Gasteiger partial charge < -0.3 is 5.73 Å². The lowest BCUT2D eigenvalue weighted by Crippen LogP contribution is -2.25. The Bertz CT molecular complexity index is 709. The van der Waals surface area contributed by atoms with Crippen LogP contribution in [0.25, 0.3) is 5.70 Å². The largest absolute Gasteiger partial charge is 0.398 e. The number of halogens is 1. The van der Waals surface area contributed by atoms with Gasteiger partial charge in [-0.2, -0.15) is 0 Å². The number of nitrogens with two attached hydrogens (primary N) is 1. The summed E-state index contributed by atoms with van der Waals surface area (Å²) in [6.45, 7) is 2.89. The zero-order chi connectivity index (χ0) is 15.0. The van der Waals surface area contributed by atoms with Crippen LogP contribution in [0.1, 0.15) is 28.3 Å². The van der Waals surface area contributed by atoms with Crippen LogP contribution in [0.3, 0.4) is 0 Å². The number of pyridine rings is 1.